The van der Waals surface area contributed by atoms with Crippen molar-refractivity contribution in [1.82, 2.24) is 3.59 Å². The van der Waals surface area contributed by atoms with E-state index in [0.717, 1.165) is 18.5 Å². The van der Waals surface area contributed by atoms with E-state index >= 15 is 0 Å². The number of hydrogen-bond acceptors (Lipinski definition) is 1. The van der Waals surface area contributed by atoms with Crippen LogP contribution in [0.4, 0.5) is 0 Å². The van der Waals surface area contributed by atoms with Crippen molar-refractivity contribution >= 4 is 16.1 Å². The highest BCUT2D eigenvalue weighted by molar-refractivity contribution is 9.08. The quantitative estimate of drug-likeness (QED) is 0.664. The van der Waals surface area contributed by atoms with E-state index in [4.69, 9.17) is 0 Å². The van der Waals surface area contributed by atoms with Gasteiger partial charge in [-0.3, -0.25) is 4.79 Å². The molecule has 0 saturated heterocycles. The van der Waals surface area contributed by atoms with E-state index in [0.29, 0.717) is 0 Å². The lowest BCUT2D eigenvalue weighted by Crippen LogP contribution is -2.19. The third kappa shape index (κ3) is 1.22. The Hall–Kier alpha value is -0.570. The molecule has 1 aromatic rings. The van der Waals surface area contributed by atoms with Crippen molar-refractivity contribution < 1.29 is 0 Å². The highest BCUT2D eigenvalue weighted by Crippen LogP contribution is 2.20. The Bertz CT molecular complexity index is 356. The molecule has 0 N–H and O–H groups in total. The molecule has 0 spiro atoms. The molecule has 0 aromatic carbocycles. The molecular formula is C9H10BrNO. The molecule has 0 saturated carbocycles. The third-order valence-corrected chi connectivity index (χ3v) is 3.12. The third-order valence-electron chi connectivity index (χ3n) is 2.34. The van der Waals surface area contributed by atoms with Gasteiger partial charge in [0.15, 0.2) is 0 Å². The van der Waals surface area contributed by atoms with Gasteiger partial charge in [0, 0.05) is 11.8 Å². The van der Waals surface area contributed by atoms with Crippen molar-refractivity contribution in [3.63, 3.8) is 0 Å². The summed E-state index contributed by atoms with van der Waals surface area (Å²) in [6.07, 6.45) is 4.58. The molecule has 0 aliphatic heterocycles. The van der Waals surface area contributed by atoms with Gasteiger partial charge >= 0.3 is 0 Å². The van der Waals surface area contributed by atoms with Crippen LogP contribution in [-0.2, 0) is 12.8 Å². The maximum absolute atomic E-state index is 11.2. The van der Waals surface area contributed by atoms with Gasteiger partial charge in [0.25, 0.3) is 5.56 Å². The number of halogens is 1. The highest BCUT2D eigenvalue weighted by Gasteiger charge is 2.12. The molecule has 1 heterocycles. The Kier molecular flexibility index (Phi) is 2.05. The molecule has 0 atom stereocenters. The Morgan fingerprint density at radius 2 is 2.00 bits per heavy atom. The summed E-state index contributed by atoms with van der Waals surface area (Å²) in [7, 11) is 0. The van der Waals surface area contributed by atoms with Crippen LogP contribution in [0, 0.1) is 0 Å². The fraction of sp³-hybridized carbons (Fsp3) is 0.444. The minimum absolute atomic E-state index is 0.0376. The second-order valence-electron chi connectivity index (χ2n) is 3.13. The van der Waals surface area contributed by atoms with Crippen LogP contribution in [0.2, 0.25) is 0 Å². The molecule has 0 unspecified atom stereocenters. The van der Waals surface area contributed by atoms with Crippen molar-refractivity contribution in [1.29, 1.82) is 0 Å². The largest absolute Gasteiger partial charge is 0.268 e. The van der Waals surface area contributed by atoms with Gasteiger partial charge in [-0.05, 0) is 31.2 Å². The van der Waals surface area contributed by atoms with Crippen LogP contribution >= 0.6 is 16.1 Å². The summed E-state index contributed by atoms with van der Waals surface area (Å²) < 4.78 is 1.60. The van der Waals surface area contributed by atoms with E-state index in [2.05, 4.69) is 16.1 Å². The summed E-state index contributed by atoms with van der Waals surface area (Å²) in [5.41, 5.74) is 2.52. The average molecular weight is 228 g/mol. The van der Waals surface area contributed by atoms with Crippen LogP contribution in [0.5, 0.6) is 0 Å². The molecule has 1 aliphatic carbocycles. The number of rotatable bonds is 0. The monoisotopic (exact) mass is 227 g/mol. The lowest BCUT2D eigenvalue weighted by Gasteiger charge is -2.16. The van der Waals surface area contributed by atoms with E-state index in [-0.39, 0.29) is 5.56 Å². The molecule has 2 rings (SSSR count). The first-order valence-corrected chi connectivity index (χ1v) is 4.90. The number of aryl methyl sites for hydroxylation is 1. The van der Waals surface area contributed by atoms with E-state index in [1.54, 1.807) is 9.66 Å². The van der Waals surface area contributed by atoms with Gasteiger partial charge in [0.1, 0.15) is 0 Å². The summed E-state index contributed by atoms with van der Waals surface area (Å²) in [5, 5.41) is 0. The van der Waals surface area contributed by atoms with Gasteiger partial charge < -0.3 is 0 Å². The number of nitrogens with zero attached hydrogens (tertiary/aromatic N) is 1. The number of hydrogen-bond donors (Lipinski definition) is 0. The molecule has 3 heteroatoms. The summed E-state index contributed by atoms with van der Waals surface area (Å²) in [5.74, 6) is 0. The van der Waals surface area contributed by atoms with E-state index < -0.39 is 0 Å². The topological polar surface area (TPSA) is 22.0 Å². The standard InChI is InChI=1S/C9H10BrNO/c10-11-8-4-2-1-3-7(8)5-6-9(11)12/h5-6H,1-4H2. The molecule has 1 aliphatic rings. The lowest BCUT2D eigenvalue weighted by atomic mass is 9.96. The predicted octanol–water partition coefficient (Wildman–Crippen LogP) is 1.89. The van der Waals surface area contributed by atoms with Crippen LogP contribution in [0.3, 0.4) is 0 Å². The van der Waals surface area contributed by atoms with Gasteiger partial charge in [0.05, 0.1) is 16.1 Å². The normalized spacial score (nSPS) is 15.8. The Morgan fingerprint density at radius 3 is 2.83 bits per heavy atom. The van der Waals surface area contributed by atoms with Gasteiger partial charge in [-0.1, -0.05) is 6.07 Å². The van der Waals surface area contributed by atoms with Crippen molar-refractivity contribution in [2.75, 3.05) is 0 Å². The second-order valence-corrected chi connectivity index (χ2v) is 3.84. The Morgan fingerprint density at radius 1 is 1.25 bits per heavy atom. The second kappa shape index (κ2) is 3.05. The predicted molar refractivity (Wildman–Crippen MR) is 51.7 cm³/mol. The van der Waals surface area contributed by atoms with E-state index in [9.17, 15) is 4.79 Å². The smallest absolute Gasteiger partial charge is 0.260 e. The van der Waals surface area contributed by atoms with Gasteiger partial charge in [-0.15, -0.1) is 0 Å². The molecule has 0 bridgehead atoms. The van der Waals surface area contributed by atoms with Crippen molar-refractivity contribution in [3.05, 3.63) is 33.7 Å². The minimum atomic E-state index is 0.0376. The molecule has 2 nitrogen and oxygen atoms in total. The van der Waals surface area contributed by atoms with Crippen LogP contribution < -0.4 is 5.56 Å². The van der Waals surface area contributed by atoms with Gasteiger partial charge in [0.2, 0.25) is 0 Å². The zero-order valence-electron chi connectivity index (χ0n) is 6.72. The van der Waals surface area contributed by atoms with Gasteiger partial charge in [-0.2, -0.15) is 0 Å². The number of pyridine rings is 1. The summed E-state index contributed by atoms with van der Waals surface area (Å²) in [6.45, 7) is 0. The average Bonchev–Trinajstić information content (AvgIpc) is 2.12. The molecule has 1 aromatic heterocycles. The molecule has 64 valence electrons. The summed E-state index contributed by atoms with van der Waals surface area (Å²) in [6, 6.07) is 3.58. The Labute approximate surface area is 79.6 Å². The number of aromatic nitrogens is 1. The first kappa shape index (κ1) is 8.05. The summed E-state index contributed by atoms with van der Waals surface area (Å²) in [4.78, 5) is 11.2. The highest BCUT2D eigenvalue weighted by atomic mass is 79.9. The zero-order valence-corrected chi connectivity index (χ0v) is 8.30. The Balaban J connectivity index is 2.61. The van der Waals surface area contributed by atoms with Crippen molar-refractivity contribution in [3.8, 4) is 0 Å². The summed E-state index contributed by atoms with van der Waals surface area (Å²) >= 11 is 3.27. The van der Waals surface area contributed by atoms with Crippen molar-refractivity contribution in [2.45, 2.75) is 25.7 Å². The maximum atomic E-state index is 11.2. The molecule has 0 radical (unpaired) electrons. The maximum Gasteiger partial charge on any atom is 0.260 e. The molecule has 0 fully saturated rings. The molecule has 0 amide bonds. The number of fused-ring (bicyclic) bond motifs is 1. The van der Waals surface area contributed by atoms with Crippen LogP contribution in [0.25, 0.3) is 0 Å². The van der Waals surface area contributed by atoms with Crippen LogP contribution in [0.15, 0.2) is 16.9 Å². The molecular weight excluding hydrogens is 218 g/mol. The van der Waals surface area contributed by atoms with Crippen LogP contribution in [-0.4, -0.2) is 3.59 Å². The fourth-order valence-electron chi connectivity index (χ4n) is 1.69. The van der Waals surface area contributed by atoms with Crippen molar-refractivity contribution in [2.24, 2.45) is 0 Å². The lowest BCUT2D eigenvalue weighted by molar-refractivity contribution is 0.660. The zero-order chi connectivity index (χ0) is 8.55. The van der Waals surface area contributed by atoms with E-state index in [1.807, 2.05) is 6.07 Å². The molecule has 12 heavy (non-hydrogen) atoms. The fourth-order valence-corrected chi connectivity index (χ4v) is 2.21. The van der Waals surface area contributed by atoms with Crippen LogP contribution in [0.1, 0.15) is 24.1 Å². The first-order chi connectivity index (χ1) is 5.79. The van der Waals surface area contributed by atoms with E-state index in [1.165, 1.54) is 18.4 Å². The SMILES string of the molecule is O=c1ccc2c(n1Br)CCCC2. The first-order valence-electron chi connectivity index (χ1n) is 4.19. The van der Waals surface area contributed by atoms with Gasteiger partial charge in [-0.25, -0.2) is 3.59 Å². The minimum Gasteiger partial charge on any atom is -0.268 e.